The van der Waals surface area contributed by atoms with Gasteiger partial charge in [0, 0.05) is 22.8 Å². The third kappa shape index (κ3) is 2.12. The van der Waals surface area contributed by atoms with Crippen molar-refractivity contribution in [2.45, 2.75) is 20.4 Å². The Kier molecular flexibility index (Phi) is 3.30. The molecule has 20 heavy (non-hydrogen) atoms. The number of nitrogens with zero attached hydrogens (tertiary/aromatic N) is 3. The van der Waals surface area contributed by atoms with E-state index in [1.807, 2.05) is 19.2 Å². The van der Waals surface area contributed by atoms with Crippen LogP contribution in [-0.4, -0.2) is 14.5 Å². The second-order valence-electron chi connectivity index (χ2n) is 4.60. The van der Waals surface area contributed by atoms with Crippen molar-refractivity contribution in [2.24, 2.45) is 0 Å². The summed E-state index contributed by atoms with van der Waals surface area (Å²) in [5, 5.41) is 1.01. The molecule has 3 aromatic rings. The number of aryl methyl sites for hydroxylation is 2. The average molecular weight is 334 g/mol. The van der Waals surface area contributed by atoms with Gasteiger partial charge in [-0.25, -0.2) is 14.4 Å². The van der Waals surface area contributed by atoms with Crippen LogP contribution in [0, 0.1) is 12.7 Å². The Bertz CT molecular complexity index is 795. The fraction of sp³-hybridized carbons (Fsp3) is 0.200. The van der Waals surface area contributed by atoms with Crippen LogP contribution in [0.25, 0.3) is 22.4 Å². The SMILES string of the molecule is CCn1cc(Br)c2c(C)nc(-c3cccc(F)c3)nc21. The Hall–Kier alpha value is -1.75. The lowest BCUT2D eigenvalue weighted by atomic mass is 10.2. The highest BCUT2D eigenvalue weighted by molar-refractivity contribution is 9.10. The Morgan fingerprint density at radius 1 is 1.30 bits per heavy atom. The Morgan fingerprint density at radius 3 is 2.80 bits per heavy atom. The Balaban J connectivity index is 2.28. The zero-order valence-corrected chi connectivity index (χ0v) is 12.8. The van der Waals surface area contributed by atoms with Gasteiger partial charge in [0.1, 0.15) is 11.5 Å². The zero-order valence-electron chi connectivity index (χ0n) is 11.2. The van der Waals surface area contributed by atoms with E-state index >= 15 is 0 Å². The number of fused-ring (bicyclic) bond motifs is 1. The molecule has 0 radical (unpaired) electrons. The first-order valence-corrected chi connectivity index (χ1v) is 7.18. The second-order valence-corrected chi connectivity index (χ2v) is 5.46. The molecule has 0 aliphatic carbocycles. The minimum absolute atomic E-state index is 0.282. The molecule has 3 rings (SSSR count). The minimum atomic E-state index is -0.282. The Morgan fingerprint density at radius 2 is 2.10 bits per heavy atom. The third-order valence-electron chi connectivity index (χ3n) is 3.27. The molecule has 3 nitrogen and oxygen atoms in total. The van der Waals surface area contributed by atoms with Crippen LogP contribution in [0.3, 0.4) is 0 Å². The molecule has 0 aliphatic heterocycles. The first-order valence-electron chi connectivity index (χ1n) is 6.39. The zero-order chi connectivity index (χ0) is 14.3. The van der Waals surface area contributed by atoms with E-state index in [9.17, 15) is 4.39 Å². The first-order chi connectivity index (χ1) is 9.60. The normalized spacial score (nSPS) is 11.2. The summed E-state index contributed by atoms with van der Waals surface area (Å²) in [5.74, 6) is 0.269. The lowest BCUT2D eigenvalue weighted by molar-refractivity contribution is 0.628. The molecule has 2 aromatic heterocycles. The first kappa shape index (κ1) is 13.2. The molecule has 0 fully saturated rings. The summed E-state index contributed by atoms with van der Waals surface area (Å²) in [7, 11) is 0. The van der Waals surface area contributed by atoms with Gasteiger partial charge in [0.25, 0.3) is 0 Å². The van der Waals surface area contributed by atoms with Gasteiger partial charge in [-0.15, -0.1) is 0 Å². The van der Waals surface area contributed by atoms with Crippen molar-refractivity contribution in [1.29, 1.82) is 0 Å². The highest BCUT2D eigenvalue weighted by Gasteiger charge is 2.13. The highest BCUT2D eigenvalue weighted by Crippen LogP contribution is 2.29. The van der Waals surface area contributed by atoms with Gasteiger partial charge in [0.2, 0.25) is 0 Å². The van der Waals surface area contributed by atoms with Crippen molar-refractivity contribution in [3.05, 3.63) is 46.4 Å². The molecule has 1 aromatic carbocycles. The quantitative estimate of drug-likeness (QED) is 0.698. The fourth-order valence-electron chi connectivity index (χ4n) is 2.31. The van der Waals surface area contributed by atoms with Crippen molar-refractivity contribution in [3.8, 4) is 11.4 Å². The largest absolute Gasteiger partial charge is 0.331 e. The molecule has 0 spiro atoms. The molecule has 0 N–H and O–H groups in total. The van der Waals surface area contributed by atoms with Crippen molar-refractivity contribution < 1.29 is 4.39 Å². The number of hydrogen-bond acceptors (Lipinski definition) is 2. The highest BCUT2D eigenvalue weighted by atomic mass is 79.9. The fourth-order valence-corrected chi connectivity index (χ4v) is 3.02. The van der Waals surface area contributed by atoms with Crippen molar-refractivity contribution in [2.75, 3.05) is 0 Å². The van der Waals surface area contributed by atoms with Gasteiger partial charge in [0.05, 0.1) is 11.1 Å². The van der Waals surface area contributed by atoms with Crippen molar-refractivity contribution in [1.82, 2.24) is 14.5 Å². The van der Waals surface area contributed by atoms with Crippen LogP contribution >= 0.6 is 15.9 Å². The van der Waals surface area contributed by atoms with Gasteiger partial charge in [-0.05, 0) is 41.9 Å². The van der Waals surface area contributed by atoms with Gasteiger partial charge in [-0.1, -0.05) is 12.1 Å². The molecule has 5 heteroatoms. The van der Waals surface area contributed by atoms with E-state index in [1.54, 1.807) is 6.07 Å². The summed E-state index contributed by atoms with van der Waals surface area (Å²) < 4.78 is 16.4. The molecule has 0 unspecified atom stereocenters. The summed E-state index contributed by atoms with van der Waals surface area (Å²) in [6.07, 6.45) is 2.00. The topological polar surface area (TPSA) is 30.7 Å². The summed E-state index contributed by atoms with van der Waals surface area (Å²) >= 11 is 3.54. The molecular weight excluding hydrogens is 321 g/mol. The van der Waals surface area contributed by atoms with Crippen molar-refractivity contribution >= 4 is 27.0 Å². The number of hydrogen-bond donors (Lipinski definition) is 0. The van der Waals surface area contributed by atoms with Crippen LogP contribution in [0.1, 0.15) is 12.6 Å². The van der Waals surface area contributed by atoms with E-state index < -0.39 is 0 Å². The number of aromatic nitrogens is 3. The number of benzene rings is 1. The van der Waals surface area contributed by atoms with Gasteiger partial charge >= 0.3 is 0 Å². The van der Waals surface area contributed by atoms with Crippen LogP contribution < -0.4 is 0 Å². The summed E-state index contributed by atoms with van der Waals surface area (Å²) in [6, 6.07) is 6.36. The summed E-state index contributed by atoms with van der Waals surface area (Å²) in [6.45, 7) is 4.82. The van der Waals surface area contributed by atoms with Gasteiger partial charge in [-0.2, -0.15) is 0 Å². The second kappa shape index (κ2) is 4.98. The van der Waals surface area contributed by atoms with Gasteiger partial charge < -0.3 is 4.57 Å². The standard InChI is InChI=1S/C15H13BrFN3/c1-3-20-8-12(16)13-9(2)18-14(19-15(13)20)10-5-4-6-11(17)7-10/h4-8H,3H2,1-2H3. The predicted octanol–water partition coefficient (Wildman–Crippen LogP) is 4.33. The van der Waals surface area contributed by atoms with Crippen LogP contribution in [0.5, 0.6) is 0 Å². The maximum atomic E-state index is 13.3. The monoisotopic (exact) mass is 333 g/mol. The van der Waals surface area contributed by atoms with Crippen LogP contribution in [0.4, 0.5) is 4.39 Å². The molecule has 0 aliphatic rings. The lowest BCUT2D eigenvalue weighted by Crippen LogP contribution is -1.98. The van der Waals surface area contributed by atoms with E-state index in [4.69, 9.17) is 0 Å². The van der Waals surface area contributed by atoms with Crippen molar-refractivity contribution in [3.63, 3.8) is 0 Å². The van der Waals surface area contributed by atoms with E-state index in [-0.39, 0.29) is 5.82 Å². The Labute approximate surface area is 124 Å². The molecule has 2 heterocycles. The molecule has 0 bridgehead atoms. The average Bonchev–Trinajstić information content (AvgIpc) is 2.75. The third-order valence-corrected chi connectivity index (χ3v) is 3.88. The van der Waals surface area contributed by atoms with E-state index in [0.29, 0.717) is 11.4 Å². The number of rotatable bonds is 2. The van der Waals surface area contributed by atoms with Gasteiger partial charge in [0.15, 0.2) is 5.82 Å². The van der Waals surface area contributed by atoms with E-state index in [1.165, 1.54) is 12.1 Å². The lowest BCUT2D eigenvalue weighted by Gasteiger charge is -2.05. The molecule has 0 saturated carbocycles. The van der Waals surface area contributed by atoms with Crippen LogP contribution in [-0.2, 0) is 6.54 Å². The predicted molar refractivity (Wildman–Crippen MR) is 81.0 cm³/mol. The number of halogens is 2. The maximum Gasteiger partial charge on any atom is 0.161 e. The summed E-state index contributed by atoms with van der Waals surface area (Å²) in [4.78, 5) is 9.09. The molecule has 102 valence electrons. The van der Waals surface area contributed by atoms with Crippen LogP contribution in [0.15, 0.2) is 34.9 Å². The molecule has 0 amide bonds. The van der Waals surface area contributed by atoms with Gasteiger partial charge in [-0.3, -0.25) is 0 Å². The van der Waals surface area contributed by atoms with Crippen LogP contribution in [0.2, 0.25) is 0 Å². The maximum absolute atomic E-state index is 13.3. The molecule has 0 saturated heterocycles. The smallest absolute Gasteiger partial charge is 0.161 e. The molecule has 0 atom stereocenters. The minimum Gasteiger partial charge on any atom is -0.331 e. The molecular formula is C15H13BrFN3. The van der Waals surface area contributed by atoms with E-state index in [0.717, 1.165) is 27.7 Å². The van der Waals surface area contributed by atoms with E-state index in [2.05, 4.69) is 37.4 Å². The summed E-state index contributed by atoms with van der Waals surface area (Å²) in [5.41, 5.74) is 2.44.